The molecule has 2 aromatic rings. The Kier molecular flexibility index (Phi) is 4.20. The van der Waals surface area contributed by atoms with Gasteiger partial charge in [-0.05, 0) is 26.6 Å². The second-order valence-corrected chi connectivity index (χ2v) is 5.13. The van der Waals surface area contributed by atoms with E-state index in [1.165, 1.54) is 0 Å². The third-order valence-electron chi connectivity index (χ3n) is 3.05. The van der Waals surface area contributed by atoms with Gasteiger partial charge in [-0.3, -0.25) is 4.79 Å². The van der Waals surface area contributed by atoms with Gasteiger partial charge in [0.15, 0.2) is 0 Å². The Hall–Kier alpha value is -2.14. The normalized spacial score (nSPS) is 11.0. The molecule has 0 radical (unpaired) electrons. The fraction of sp³-hybridized carbons (Fsp3) is 0.333. The molecule has 5 nitrogen and oxygen atoms in total. The Morgan fingerprint density at radius 1 is 1.35 bits per heavy atom. The van der Waals surface area contributed by atoms with Crippen molar-refractivity contribution in [2.75, 3.05) is 20.6 Å². The highest BCUT2D eigenvalue weighted by Crippen LogP contribution is 2.23. The number of aromatic nitrogens is 2. The Morgan fingerprint density at radius 3 is 2.70 bits per heavy atom. The summed E-state index contributed by atoms with van der Waals surface area (Å²) in [7, 11) is 3.89. The van der Waals surface area contributed by atoms with Crippen LogP contribution in [0.3, 0.4) is 0 Å². The molecule has 1 aromatic carbocycles. The number of aromatic amines is 1. The van der Waals surface area contributed by atoms with Gasteiger partial charge < -0.3 is 15.0 Å². The van der Waals surface area contributed by atoms with Crippen LogP contribution in [0.5, 0.6) is 5.88 Å². The van der Waals surface area contributed by atoms with E-state index in [9.17, 15) is 9.90 Å². The summed E-state index contributed by atoms with van der Waals surface area (Å²) in [5, 5.41) is 10.0. The molecule has 0 aliphatic heterocycles. The molecule has 0 saturated carbocycles. The van der Waals surface area contributed by atoms with Gasteiger partial charge in [0.25, 0.3) is 5.56 Å². The van der Waals surface area contributed by atoms with Gasteiger partial charge in [-0.15, -0.1) is 0 Å². The van der Waals surface area contributed by atoms with Gasteiger partial charge in [0, 0.05) is 13.0 Å². The Bertz CT molecular complexity index is 662. The number of nitrogens with one attached hydrogen (secondary N) is 1. The molecule has 0 aliphatic rings. The van der Waals surface area contributed by atoms with Crippen LogP contribution < -0.4 is 5.56 Å². The summed E-state index contributed by atoms with van der Waals surface area (Å²) < 4.78 is 0. The molecular formula is C15H19N3O2. The first-order valence-corrected chi connectivity index (χ1v) is 6.51. The van der Waals surface area contributed by atoms with Gasteiger partial charge in [0.1, 0.15) is 11.4 Å². The van der Waals surface area contributed by atoms with Crippen molar-refractivity contribution < 1.29 is 5.11 Å². The van der Waals surface area contributed by atoms with Gasteiger partial charge >= 0.3 is 0 Å². The molecule has 2 rings (SSSR count). The summed E-state index contributed by atoms with van der Waals surface area (Å²) >= 11 is 0. The fourth-order valence-electron chi connectivity index (χ4n) is 2.02. The number of aryl methyl sites for hydroxylation is 1. The van der Waals surface area contributed by atoms with Gasteiger partial charge in [0.05, 0.1) is 0 Å². The molecule has 0 fully saturated rings. The predicted octanol–water partition coefficient (Wildman–Crippen LogP) is 1.56. The zero-order valence-electron chi connectivity index (χ0n) is 12.0. The number of benzene rings is 1. The van der Waals surface area contributed by atoms with Crippen LogP contribution in [0, 0.1) is 6.92 Å². The van der Waals surface area contributed by atoms with E-state index in [1.807, 2.05) is 44.1 Å². The van der Waals surface area contributed by atoms with Crippen LogP contribution in [0.1, 0.15) is 11.4 Å². The molecule has 0 saturated heterocycles. The lowest BCUT2D eigenvalue weighted by Gasteiger charge is -2.10. The van der Waals surface area contributed by atoms with E-state index >= 15 is 0 Å². The highest BCUT2D eigenvalue weighted by Gasteiger charge is 2.13. The van der Waals surface area contributed by atoms with E-state index in [-0.39, 0.29) is 17.0 Å². The van der Waals surface area contributed by atoms with E-state index in [4.69, 9.17) is 0 Å². The number of H-pyrrole nitrogens is 1. The molecule has 0 amide bonds. The maximum atomic E-state index is 12.1. The molecule has 1 aromatic heterocycles. The highest BCUT2D eigenvalue weighted by molar-refractivity contribution is 5.67. The number of rotatable bonds is 4. The summed E-state index contributed by atoms with van der Waals surface area (Å²) in [6.45, 7) is 2.69. The molecule has 5 heteroatoms. The molecule has 0 spiro atoms. The van der Waals surface area contributed by atoms with Gasteiger partial charge in [0.2, 0.25) is 5.88 Å². The number of likely N-dealkylation sites (N-methyl/N-ethyl adjacent to an activating group) is 1. The Labute approximate surface area is 117 Å². The first-order chi connectivity index (χ1) is 9.47. The van der Waals surface area contributed by atoms with Crippen LogP contribution in [0.2, 0.25) is 0 Å². The van der Waals surface area contributed by atoms with Crippen LogP contribution in [0.15, 0.2) is 29.1 Å². The van der Waals surface area contributed by atoms with Crippen LogP contribution >= 0.6 is 0 Å². The first kappa shape index (κ1) is 14.3. The van der Waals surface area contributed by atoms with Crippen molar-refractivity contribution >= 4 is 0 Å². The molecule has 0 aliphatic carbocycles. The SMILES string of the molecule is Cc1cccc(-c2c(O)nc(CCN(C)C)[nH]c2=O)c1. The lowest BCUT2D eigenvalue weighted by molar-refractivity contribution is 0.404. The summed E-state index contributed by atoms with van der Waals surface area (Å²) in [5.41, 5.74) is 1.62. The zero-order chi connectivity index (χ0) is 14.7. The van der Waals surface area contributed by atoms with E-state index in [1.54, 1.807) is 6.07 Å². The number of hydrogen-bond acceptors (Lipinski definition) is 4. The van der Waals surface area contributed by atoms with Crippen molar-refractivity contribution in [3.63, 3.8) is 0 Å². The van der Waals surface area contributed by atoms with E-state index in [2.05, 4.69) is 9.97 Å². The lowest BCUT2D eigenvalue weighted by Crippen LogP contribution is -2.20. The van der Waals surface area contributed by atoms with E-state index in [0.717, 1.165) is 12.1 Å². The quantitative estimate of drug-likeness (QED) is 0.887. The van der Waals surface area contributed by atoms with E-state index < -0.39 is 0 Å². The summed E-state index contributed by atoms with van der Waals surface area (Å²) in [5.74, 6) is 0.283. The Balaban J connectivity index is 2.39. The number of hydrogen-bond donors (Lipinski definition) is 2. The standard InChI is InChI=1S/C15H19N3O2/c1-10-5-4-6-11(9-10)13-14(19)16-12(17-15(13)20)7-8-18(2)3/h4-6,9H,7-8H2,1-3H3,(H2,16,17,19,20). The monoisotopic (exact) mass is 273 g/mol. The van der Waals surface area contributed by atoms with Crippen molar-refractivity contribution in [1.29, 1.82) is 0 Å². The summed E-state index contributed by atoms with van der Waals surface area (Å²) in [4.78, 5) is 21.0. The van der Waals surface area contributed by atoms with Gasteiger partial charge in [-0.25, -0.2) is 0 Å². The largest absolute Gasteiger partial charge is 0.493 e. The maximum Gasteiger partial charge on any atom is 0.262 e. The number of nitrogens with zero attached hydrogens (tertiary/aromatic N) is 2. The van der Waals surface area contributed by atoms with Crippen LogP contribution in [-0.4, -0.2) is 40.6 Å². The fourth-order valence-corrected chi connectivity index (χ4v) is 2.02. The zero-order valence-corrected chi connectivity index (χ0v) is 12.0. The average molecular weight is 273 g/mol. The smallest absolute Gasteiger partial charge is 0.262 e. The molecule has 2 N–H and O–H groups in total. The minimum atomic E-state index is -0.308. The van der Waals surface area contributed by atoms with Crippen LogP contribution in [-0.2, 0) is 6.42 Å². The maximum absolute atomic E-state index is 12.1. The Morgan fingerprint density at radius 2 is 2.10 bits per heavy atom. The van der Waals surface area contributed by atoms with Gasteiger partial charge in [-0.1, -0.05) is 29.8 Å². The molecule has 0 unspecified atom stereocenters. The number of aromatic hydroxyl groups is 1. The minimum Gasteiger partial charge on any atom is -0.493 e. The van der Waals surface area contributed by atoms with Crippen LogP contribution in [0.25, 0.3) is 11.1 Å². The third kappa shape index (κ3) is 3.24. The van der Waals surface area contributed by atoms with E-state index in [0.29, 0.717) is 17.8 Å². The second-order valence-electron chi connectivity index (χ2n) is 5.13. The minimum absolute atomic E-state index is 0.215. The molecule has 1 heterocycles. The first-order valence-electron chi connectivity index (χ1n) is 6.51. The van der Waals surface area contributed by atoms with Crippen molar-refractivity contribution in [2.45, 2.75) is 13.3 Å². The van der Waals surface area contributed by atoms with Crippen molar-refractivity contribution in [3.05, 3.63) is 46.0 Å². The van der Waals surface area contributed by atoms with Crippen molar-refractivity contribution in [3.8, 4) is 17.0 Å². The molecular weight excluding hydrogens is 254 g/mol. The molecule has 0 atom stereocenters. The summed E-state index contributed by atoms with van der Waals surface area (Å²) in [6.07, 6.45) is 0.587. The average Bonchev–Trinajstić information content (AvgIpc) is 2.35. The predicted molar refractivity (Wildman–Crippen MR) is 79.0 cm³/mol. The van der Waals surface area contributed by atoms with Crippen molar-refractivity contribution in [1.82, 2.24) is 14.9 Å². The second kappa shape index (κ2) is 5.88. The molecule has 106 valence electrons. The van der Waals surface area contributed by atoms with Crippen LogP contribution in [0.4, 0.5) is 0 Å². The molecule has 0 bridgehead atoms. The molecule has 20 heavy (non-hydrogen) atoms. The topological polar surface area (TPSA) is 69.2 Å². The van der Waals surface area contributed by atoms with Crippen molar-refractivity contribution in [2.24, 2.45) is 0 Å². The van der Waals surface area contributed by atoms with Gasteiger partial charge in [-0.2, -0.15) is 4.98 Å². The third-order valence-corrected chi connectivity index (χ3v) is 3.05. The summed E-state index contributed by atoms with van der Waals surface area (Å²) in [6, 6.07) is 7.43. The lowest BCUT2D eigenvalue weighted by atomic mass is 10.1. The highest BCUT2D eigenvalue weighted by atomic mass is 16.3.